The number of rotatable bonds is 4. The van der Waals surface area contributed by atoms with Gasteiger partial charge < -0.3 is 5.32 Å². The van der Waals surface area contributed by atoms with Crippen LogP contribution in [0, 0.1) is 31.1 Å². The lowest BCUT2D eigenvalue weighted by Crippen LogP contribution is -2.36. The van der Waals surface area contributed by atoms with E-state index in [0.717, 1.165) is 11.8 Å². The van der Waals surface area contributed by atoms with Crippen molar-refractivity contribution >= 4 is 0 Å². The van der Waals surface area contributed by atoms with Crippen LogP contribution in [0.5, 0.6) is 0 Å². The predicted molar refractivity (Wildman–Crippen MR) is 88.2 cm³/mol. The molecule has 112 valence electrons. The van der Waals surface area contributed by atoms with Crippen LogP contribution in [-0.2, 0) is 6.42 Å². The third-order valence-electron chi connectivity index (χ3n) is 5.13. The first kappa shape index (κ1) is 15.6. The molecule has 1 N–H and O–H groups in total. The molecule has 0 amide bonds. The Hall–Kier alpha value is -0.820. The van der Waals surface area contributed by atoms with Crippen LogP contribution in [0.2, 0.25) is 0 Å². The second-order valence-electron chi connectivity index (χ2n) is 7.62. The van der Waals surface area contributed by atoms with E-state index in [-0.39, 0.29) is 0 Å². The lowest BCUT2D eigenvalue weighted by molar-refractivity contribution is 0.117. The minimum absolute atomic E-state index is 0.520. The van der Waals surface area contributed by atoms with E-state index in [1.807, 2.05) is 0 Å². The zero-order chi connectivity index (χ0) is 14.8. The smallest absolute Gasteiger partial charge is 0.00207 e. The molecule has 0 bridgehead atoms. The zero-order valence-corrected chi connectivity index (χ0v) is 13.9. The first-order valence-electron chi connectivity index (χ1n) is 8.12. The molecule has 0 aliphatic heterocycles. The molecule has 0 aromatic heterocycles. The van der Waals surface area contributed by atoms with Crippen molar-refractivity contribution in [1.29, 1.82) is 0 Å². The molecular weight excluding hydrogens is 242 g/mol. The second-order valence-corrected chi connectivity index (χ2v) is 7.62. The zero-order valence-electron chi connectivity index (χ0n) is 13.9. The van der Waals surface area contributed by atoms with Gasteiger partial charge in [-0.3, -0.25) is 0 Å². The fourth-order valence-electron chi connectivity index (χ4n) is 3.86. The second kappa shape index (κ2) is 6.30. The Morgan fingerprint density at radius 3 is 2.65 bits per heavy atom. The van der Waals surface area contributed by atoms with E-state index in [0.29, 0.717) is 5.41 Å². The maximum atomic E-state index is 3.41. The summed E-state index contributed by atoms with van der Waals surface area (Å²) < 4.78 is 0. The molecular formula is C19H31N. The van der Waals surface area contributed by atoms with Crippen molar-refractivity contribution in [1.82, 2.24) is 5.32 Å². The SMILES string of the molecule is CNCC1CCC(C)(C)CC1Cc1cc(C)ccc1C. The minimum atomic E-state index is 0.520. The minimum Gasteiger partial charge on any atom is -0.319 e. The molecule has 2 atom stereocenters. The highest BCUT2D eigenvalue weighted by atomic mass is 14.8. The normalized spacial score (nSPS) is 25.6. The van der Waals surface area contributed by atoms with Crippen LogP contribution in [0.1, 0.15) is 49.8 Å². The van der Waals surface area contributed by atoms with E-state index >= 15 is 0 Å². The quantitative estimate of drug-likeness (QED) is 0.851. The van der Waals surface area contributed by atoms with Gasteiger partial charge in [-0.15, -0.1) is 0 Å². The molecule has 2 rings (SSSR count). The molecule has 1 saturated carbocycles. The van der Waals surface area contributed by atoms with E-state index < -0.39 is 0 Å². The molecule has 1 fully saturated rings. The van der Waals surface area contributed by atoms with Crippen molar-refractivity contribution < 1.29 is 0 Å². The maximum absolute atomic E-state index is 3.41. The third kappa shape index (κ3) is 3.85. The van der Waals surface area contributed by atoms with Crippen LogP contribution in [0.3, 0.4) is 0 Å². The predicted octanol–water partition coefficient (Wildman–Crippen LogP) is 4.51. The monoisotopic (exact) mass is 273 g/mol. The Morgan fingerprint density at radius 1 is 1.20 bits per heavy atom. The van der Waals surface area contributed by atoms with Crippen molar-refractivity contribution in [2.75, 3.05) is 13.6 Å². The summed E-state index contributed by atoms with van der Waals surface area (Å²) in [6, 6.07) is 6.91. The molecule has 1 heteroatoms. The van der Waals surface area contributed by atoms with Crippen molar-refractivity contribution in [3.63, 3.8) is 0 Å². The highest BCUT2D eigenvalue weighted by Crippen LogP contribution is 2.43. The Morgan fingerprint density at radius 2 is 1.95 bits per heavy atom. The average molecular weight is 273 g/mol. The van der Waals surface area contributed by atoms with E-state index in [1.165, 1.54) is 43.4 Å². The van der Waals surface area contributed by atoms with Crippen molar-refractivity contribution in [2.24, 2.45) is 17.3 Å². The van der Waals surface area contributed by atoms with Gasteiger partial charge in [0.2, 0.25) is 0 Å². The first-order valence-corrected chi connectivity index (χ1v) is 8.12. The largest absolute Gasteiger partial charge is 0.319 e. The van der Waals surface area contributed by atoms with E-state index in [2.05, 4.69) is 58.3 Å². The summed E-state index contributed by atoms with van der Waals surface area (Å²) in [6.45, 7) is 10.5. The lowest BCUT2D eigenvalue weighted by atomic mass is 9.65. The molecule has 1 aromatic carbocycles. The molecule has 1 aliphatic rings. The highest BCUT2D eigenvalue weighted by molar-refractivity contribution is 5.31. The van der Waals surface area contributed by atoms with Gasteiger partial charge in [0.25, 0.3) is 0 Å². The Labute approximate surface area is 125 Å². The summed E-state index contributed by atoms with van der Waals surface area (Å²) in [6.07, 6.45) is 5.38. The molecule has 0 spiro atoms. The van der Waals surface area contributed by atoms with Crippen LogP contribution in [-0.4, -0.2) is 13.6 Å². The fraction of sp³-hybridized carbons (Fsp3) is 0.684. The van der Waals surface area contributed by atoms with Gasteiger partial charge in [-0.2, -0.15) is 0 Å². The van der Waals surface area contributed by atoms with Gasteiger partial charge in [0, 0.05) is 0 Å². The van der Waals surface area contributed by atoms with Gasteiger partial charge in [0.05, 0.1) is 0 Å². The number of hydrogen-bond donors (Lipinski definition) is 1. The molecule has 0 heterocycles. The third-order valence-corrected chi connectivity index (χ3v) is 5.13. The maximum Gasteiger partial charge on any atom is -0.00207 e. The van der Waals surface area contributed by atoms with Crippen LogP contribution in [0.4, 0.5) is 0 Å². The summed E-state index contributed by atoms with van der Waals surface area (Å²) in [5, 5.41) is 3.41. The molecule has 20 heavy (non-hydrogen) atoms. The fourth-order valence-corrected chi connectivity index (χ4v) is 3.86. The average Bonchev–Trinajstić information content (AvgIpc) is 2.37. The number of aryl methyl sites for hydroxylation is 2. The molecule has 1 aromatic rings. The number of benzene rings is 1. The standard InChI is InChI=1S/C19H31N/c1-14-6-7-15(2)17(10-14)11-18-12-19(3,4)9-8-16(18)13-20-5/h6-7,10,16,18,20H,8-9,11-13H2,1-5H3. The van der Waals surface area contributed by atoms with Gasteiger partial charge >= 0.3 is 0 Å². The highest BCUT2D eigenvalue weighted by Gasteiger charge is 2.34. The van der Waals surface area contributed by atoms with Crippen LogP contribution in [0.25, 0.3) is 0 Å². The molecule has 0 saturated heterocycles. The van der Waals surface area contributed by atoms with Crippen molar-refractivity contribution in [3.05, 3.63) is 34.9 Å². The van der Waals surface area contributed by atoms with Crippen molar-refractivity contribution in [3.8, 4) is 0 Å². The Balaban J connectivity index is 2.16. The van der Waals surface area contributed by atoms with Crippen LogP contribution < -0.4 is 5.32 Å². The summed E-state index contributed by atoms with van der Waals surface area (Å²) in [7, 11) is 2.09. The van der Waals surface area contributed by atoms with Gasteiger partial charge in [0.1, 0.15) is 0 Å². The van der Waals surface area contributed by atoms with E-state index in [9.17, 15) is 0 Å². The molecule has 2 unspecified atom stereocenters. The first-order chi connectivity index (χ1) is 9.41. The summed E-state index contributed by atoms with van der Waals surface area (Å²) >= 11 is 0. The summed E-state index contributed by atoms with van der Waals surface area (Å²) in [4.78, 5) is 0. The topological polar surface area (TPSA) is 12.0 Å². The van der Waals surface area contributed by atoms with Gasteiger partial charge in [0.15, 0.2) is 0 Å². The van der Waals surface area contributed by atoms with E-state index in [1.54, 1.807) is 5.56 Å². The molecule has 1 nitrogen and oxygen atoms in total. The van der Waals surface area contributed by atoms with E-state index in [4.69, 9.17) is 0 Å². The van der Waals surface area contributed by atoms with Gasteiger partial charge in [-0.1, -0.05) is 37.6 Å². The number of nitrogens with one attached hydrogen (secondary N) is 1. The Kier molecular flexibility index (Phi) is 4.90. The van der Waals surface area contributed by atoms with Gasteiger partial charge in [-0.25, -0.2) is 0 Å². The van der Waals surface area contributed by atoms with Crippen molar-refractivity contribution in [2.45, 2.75) is 53.4 Å². The summed E-state index contributed by atoms with van der Waals surface area (Å²) in [5.41, 5.74) is 4.94. The lowest BCUT2D eigenvalue weighted by Gasteiger charge is -2.41. The summed E-state index contributed by atoms with van der Waals surface area (Å²) in [5.74, 6) is 1.67. The van der Waals surface area contributed by atoms with Gasteiger partial charge in [-0.05, 0) is 81.5 Å². The molecule has 1 aliphatic carbocycles. The molecule has 0 radical (unpaired) electrons. The van der Waals surface area contributed by atoms with Crippen LogP contribution in [0.15, 0.2) is 18.2 Å². The van der Waals surface area contributed by atoms with Crippen LogP contribution >= 0.6 is 0 Å². The Bertz CT molecular complexity index is 447. The number of hydrogen-bond acceptors (Lipinski definition) is 1.